The molecule has 0 heterocycles. The molecule has 1 unspecified atom stereocenters. The first-order chi connectivity index (χ1) is 9.45. The van der Waals surface area contributed by atoms with Crippen molar-refractivity contribution in [3.05, 3.63) is 60.6 Å². The topological polar surface area (TPSA) is 29.5 Å². The molecule has 0 fully saturated rings. The predicted molar refractivity (Wildman–Crippen MR) is 91.0 cm³/mol. The molecule has 0 aliphatic rings. The first-order valence-electron chi connectivity index (χ1n) is 5.91. The van der Waals surface area contributed by atoms with Gasteiger partial charge in [-0.3, -0.25) is 0 Å². The van der Waals surface area contributed by atoms with E-state index in [-0.39, 0.29) is 0 Å². The highest BCUT2D eigenvalue weighted by atomic mass is 127. The summed E-state index contributed by atoms with van der Waals surface area (Å²) in [5.74, 6) is 0.492. The third-order valence-corrected chi connectivity index (χ3v) is 5.18. The molecule has 0 aromatic heterocycles. The van der Waals surface area contributed by atoms with Crippen molar-refractivity contribution in [2.24, 2.45) is 0 Å². The number of hydrogen-bond acceptors (Lipinski definition) is 2. The molecular weight excluding hydrogens is 410 g/mol. The number of methoxy groups -OCH3 is 1. The monoisotopic (exact) mass is 422 g/mol. The molecule has 5 heteroatoms. The summed E-state index contributed by atoms with van der Waals surface area (Å²) in [5.41, 5.74) is 2.49. The fourth-order valence-electron chi connectivity index (χ4n) is 1.96. The first-order valence-corrected chi connectivity index (χ1v) is 7.75. The van der Waals surface area contributed by atoms with Gasteiger partial charge in [-0.05, 0) is 46.7 Å². The van der Waals surface area contributed by atoms with E-state index in [1.807, 2.05) is 25.1 Å². The van der Waals surface area contributed by atoms with Gasteiger partial charge in [0.1, 0.15) is 11.9 Å². The van der Waals surface area contributed by atoms with Gasteiger partial charge in [0.2, 0.25) is 0 Å². The molecule has 1 N–H and O–H groups in total. The summed E-state index contributed by atoms with van der Waals surface area (Å²) in [6.07, 6.45) is -0.822. The lowest BCUT2D eigenvalue weighted by Crippen LogP contribution is -2.04. The van der Waals surface area contributed by atoms with Gasteiger partial charge in [-0.25, -0.2) is 0 Å². The molecule has 106 valence electrons. The minimum absolute atomic E-state index is 0.425. The molecule has 0 aliphatic carbocycles. The summed E-state index contributed by atoms with van der Waals surface area (Å²) in [7, 11) is 1.52. The second-order valence-corrected chi connectivity index (χ2v) is 6.28. The lowest BCUT2D eigenvalue weighted by molar-refractivity contribution is 0.219. The highest BCUT2D eigenvalue weighted by Crippen LogP contribution is 2.37. The third kappa shape index (κ3) is 3.06. The van der Waals surface area contributed by atoms with Crippen LogP contribution in [0, 0.1) is 10.5 Å². The maximum absolute atomic E-state index is 10.6. The van der Waals surface area contributed by atoms with Gasteiger partial charge >= 0.3 is 0 Å². The number of hydrogen-bond donors (Lipinski definition) is 1. The van der Waals surface area contributed by atoms with Crippen molar-refractivity contribution in [1.29, 1.82) is 0 Å². The number of aliphatic hydroxyl groups is 1. The van der Waals surface area contributed by atoms with Gasteiger partial charge in [0, 0.05) is 15.2 Å². The zero-order chi connectivity index (χ0) is 14.9. The minimum Gasteiger partial charge on any atom is -0.495 e. The SMILES string of the molecule is COc1cc(Cl)c(C(O)c2cccc(C)c2I)cc1Cl. The lowest BCUT2D eigenvalue weighted by atomic mass is 10.00. The van der Waals surface area contributed by atoms with Crippen molar-refractivity contribution < 1.29 is 9.84 Å². The molecular formula is C15H13Cl2IO2. The van der Waals surface area contributed by atoms with Gasteiger partial charge in [-0.15, -0.1) is 0 Å². The van der Waals surface area contributed by atoms with Crippen molar-refractivity contribution in [2.45, 2.75) is 13.0 Å². The third-order valence-electron chi connectivity index (χ3n) is 3.08. The molecule has 2 nitrogen and oxygen atoms in total. The average molecular weight is 423 g/mol. The summed E-state index contributed by atoms with van der Waals surface area (Å²) in [6.45, 7) is 2.00. The molecule has 0 saturated heterocycles. The van der Waals surface area contributed by atoms with E-state index in [2.05, 4.69) is 22.6 Å². The van der Waals surface area contributed by atoms with Crippen molar-refractivity contribution in [3.8, 4) is 5.75 Å². The van der Waals surface area contributed by atoms with Crippen molar-refractivity contribution in [2.75, 3.05) is 7.11 Å². The van der Waals surface area contributed by atoms with Gasteiger partial charge in [-0.1, -0.05) is 41.4 Å². The quantitative estimate of drug-likeness (QED) is 0.705. The molecule has 1 atom stereocenters. The van der Waals surface area contributed by atoms with Gasteiger partial charge in [-0.2, -0.15) is 0 Å². The number of rotatable bonds is 3. The maximum atomic E-state index is 10.6. The van der Waals surface area contributed by atoms with Crippen LogP contribution in [0.5, 0.6) is 5.75 Å². The van der Waals surface area contributed by atoms with Gasteiger partial charge in [0.25, 0.3) is 0 Å². The Kier molecular flexibility index (Phi) is 5.18. The Bertz CT molecular complexity index is 644. The van der Waals surface area contributed by atoms with Crippen LogP contribution in [0.3, 0.4) is 0 Å². The molecule has 0 amide bonds. The van der Waals surface area contributed by atoms with Crippen LogP contribution < -0.4 is 4.74 Å². The second-order valence-electron chi connectivity index (χ2n) is 4.39. The Morgan fingerprint density at radius 2 is 1.85 bits per heavy atom. The highest BCUT2D eigenvalue weighted by Gasteiger charge is 2.19. The maximum Gasteiger partial charge on any atom is 0.138 e. The standard InChI is InChI=1S/C15H13Cl2IO2/c1-8-4-3-5-9(14(8)18)15(19)10-6-12(17)13(20-2)7-11(10)16/h3-7,15,19H,1-2H3. The zero-order valence-corrected chi connectivity index (χ0v) is 14.6. The Morgan fingerprint density at radius 3 is 2.50 bits per heavy atom. The van der Waals surface area contributed by atoms with E-state index in [1.165, 1.54) is 7.11 Å². The average Bonchev–Trinajstić information content (AvgIpc) is 2.43. The second kappa shape index (κ2) is 6.52. The summed E-state index contributed by atoms with van der Waals surface area (Å²) < 4.78 is 6.12. The van der Waals surface area contributed by atoms with E-state index < -0.39 is 6.10 Å². The van der Waals surface area contributed by atoms with E-state index in [0.29, 0.717) is 21.4 Å². The number of ether oxygens (including phenoxy) is 1. The van der Waals surface area contributed by atoms with Crippen LogP contribution in [0.4, 0.5) is 0 Å². The normalized spacial score (nSPS) is 12.3. The van der Waals surface area contributed by atoms with E-state index in [9.17, 15) is 5.11 Å². The van der Waals surface area contributed by atoms with Crippen LogP contribution >= 0.6 is 45.8 Å². The fourth-order valence-corrected chi connectivity index (χ4v) is 3.12. The fraction of sp³-hybridized carbons (Fsp3) is 0.200. The predicted octanol–water partition coefficient (Wildman–Crippen LogP) is 5.00. The molecule has 2 aromatic rings. The highest BCUT2D eigenvalue weighted by molar-refractivity contribution is 14.1. The number of halogens is 3. The first kappa shape index (κ1) is 15.9. The van der Waals surface area contributed by atoms with Crippen LogP contribution in [0.2, 0.25) is 10.0 Å². The molecule has 0 aliphatic heterocycles. The van der Waals surface area contributed by atoms with Gasteiger partial charge in [0.05, 0.1) is 17.2 Å². The van der Waals surface area contributed by atoms with Crippen LogP contribution in [0.25, 0.3) is 0 Å². The summed E-state index contributed by atoms with van der Waals surface area (Å²) in [4.78, 5) is 0. The Balaban J connectivity index is 2.51. The summed E-state index contributed by atoms with van der Waals surface area (Å²) in [6, 6.07) is 9.06. The number of aryl methyl sites for hydroxylation is 1. The number of benzene rings is 2. The largest absolute Gasteiger partial charge is 0.495 e. The van der Waals surface area contributed by atoms with Crippen LogP contribution in [0.1, 0.15) is 22.8 Å². The molecule has 2 aromatic carbocycles. The summed E-state index contributed by atoms with van der Waals surface area (Å²) in [5, 5.41) is 11.4. The Morgan fingerprint density at radius 1 is 1.15 bits per heavy atom. The van der Waals surface area contributed by atoms with E-state index >= 15 is 0 Å². The van der Waals surface area contributed by atoms with E-state index in [1.54, 1.807) is 12.1 Å². The van der Waals surface area contributed by atoms with Crippen LogP contribution in [-0.2, 0) is 0 Å². The van der Waals surface area contributed by atoms with Gasteiger partial charge in [0.15, 0.2) is 0 Å². The number of aliphatic hydroxyl groups excluding tert-OH is 1. The van der Waals surface area contributed by atoms with E-state index in [0.717, 1.165) is 14.7 Å². The minimum atomic E-state index is -0.822. The molecule has 0 spiro atoms. The van der Waals surface area contributed by atoms with Gasteiger partial charge < -0.3 is 9.84 Å². The molecule has 20 heavy (non-hydrogen) atoms. The zero-order valence-electron chi connectivity index (χ0n) is 11.0. The van der Waals surface area contributed by atoms with Crippen molar-refractivity contribution >= 4 is 45.8 Å². The van der Waals surface area contributed by atoms with E-state index in [4.69, 9.17) is 27.9 Å². The van der Waals surface area contributed by atoms with Crippen LogP contribution in [-0.4, -0.2) is 12.2 Å². The lowest BCUT2D eigenvalue weighted by Gasteiger charge is -2.17. The molecule has 0 radical (unpaired) electrons. The smallest absolute Gasteiger partial charge is 0.138 e. The molecule has 2 rings (SSSR count). The Labute approximate surface area is 141 Å². The van der Waals surface area contributed by atoms with Crippen LogP contribution in [0.15, 0.2) is 30.3 Å². The summed E-state index contributed by atoms with van der Waals surface area (Å²) >= 11 is 14.5. The van der Waals surface area contributed by atoms with Crippen molar-refractivity contribution in [1.82, 2.24) is 0 Å². The molecule has 0 bridgehead atoms. The molecule has 0 saturated carbocycles. The van der Waals surface area contributed by atoms with Crippen molar-refractivity contribution in [3.63, 3.8) is 0 Å². The Hall–Kier alpha value is -0.490.